The summed E-state index contributed by atoms with van der Waals surface area (Å²) < 4.78 is 46.8. The number of hydrogen-bond acceptors (Lipinski definition) is 7. The Hall–Kier alpha value is -4.77. The number of hydrogen-bond donors (Lipinski definition) is 1. The Morgan fingerprint density at radius 1 is 1.00 bits per heavy atom. The van der Waals surface area contributed by atoms with Crippen LogP contribution in [-0.4, -0.2) is 55.5 Å². The van der Waals surface area contributed by atoms with Crippen molar-refractivity contribution in [3.8, 4) is 23.0 Å². The number of benzene rings is 3. The van der Waals surface area contributed by atoms with E-state index in [0.29, 0.717) is 45.3 Å². The Kier molecular flexibility index (Phi) is 9.63. The molecule has 1 fully saturated rings. The number of pyridine rings is 1. The second-order valence-corrected chi connectivity index (χ2v) is 10.1. The van der Waals surface area contributed by atoms with E-state index in [-0.39, 0.29) is 11.4 Å². The maximum atomic E-state index is 15.1. The van der Waals surface area contributed by atoms with Gasteiger partial charge < -0.3 is 24.8 Å². The zero-order valence-electron chi connectivity index (χ0n) is 23.8. The number of rotatable bonds is 11. The van der Waals surface area contributed by atoms with Crippen molar-refractivity contribution >= 4 is 28.8 Å². The average molecular weight is 590 g/mol. The van der Waals surface area contributed by atoms with Crippen molar-refractivity contribution in [3.05, 3.63) is 84.1 Å². The van der Waals surface area contributed by atoms with Gasteiger partial charge >= 0.3 is 6.03 Å². The number of anilines is 1. The largest absolute Gasteiger partial charge is 0.493 e. The molecular formula is C32H33F2N5O4. The number of carbonyl (C=O) groups excluding carboxylic acids is 1. The van der Waals surface area contributed by atoms with E-state index in [2.05, 4.69) is 15.0 Å². The molecule has 0 atom stereocenters. The number of aromatic nitrogens is 1. The van der Waals surface area contributed by atoms with Crippen LogP contribution in [0.3, 0.4) is 0 Å². The lowest BCUT2D eigenvalue weighted by atomic mass is 10.1. The molecule has 9 nitrogen and oxygen atoms in total. The average Bonchev–Trinajstić information content (AvgIpc) is 3.01. The molecule has 11 heteroatoms. The minimum Gasteiger partial charge on any atom is -0.493 e. The maximum Gasteiger partial charge on any atom is 0.340 e. The van der Waals surface area contributed by atoms with Crippen molar-refractivity contribution in [1.29, 1.82) is 0 Å². The highest BCUT2D eigenvalue weighted by Gasteiger charge is 2.17. The van der Waals surface area contributed by atoms with Gasteiger partial charge in [0.1, 0.15) is 17.3 Å². The van der Waals surface area contributed by atoms with Crippen LogP contribution in [0.1, 0.15) is 31.2 Å². The topological polar surface area (TPSA) is 103 Å². The van der Waals surface area contributed by atoms with Crippen molar-refractivity contribution in [2.45, 2.75) is 25.7 Å². The second-order valence-electron chi connectivity index (χ2n) is 10.1. The SMILES string of the molecule is COc1cc2c(Oc3ccc(C=NN(C(N)=O)c4ccccc4F)cc3F)ccnc2cc1OCCCN1CCCCC1. The summed E-state index contributed by atoms with van der Waals surface area (Å²) >= 11 is 0. The third-order valence-corrected chi connectivity index (χ3v) is 7.10. The van der Waals surface area contributed by atoms with E-state index >= 15 is 4.39 Å². The molecule has 1 saturated heterocycles. The lowest BCUT2D eigenvalue weighted by molar-refractivity contribution is 0.203. The lowest BCUT2D eigenvalue weighted by Gasteiger charge is -2.26. The highest BCUT2D eigenvalue weighted by molar-refractivity contribution is 5.93. The minimum absolute atomic E-state index is 0.0393. The van der Waals surface area contributed by atoms with Gasteiger partial charge in [0.2, 0.25) is 0 Å². The summed E-state index contributed by atoms with van der Waals surface area (Å²) in [6, 6.07) is 13.9. The number of piperidine rings is 1. The molecule has 2 amide bonds. The van der Waals surface area contributed by atoms with Crippen LogP contribution in [0.25, 0.3) is 10.9 Å². The molecule has 5 rings (SSSR count). The molecule has 4 aromatic rings. The highest BCUT2D eigenvalue weighted by atomic mass is 19.1. The van der Waals surface area contributed by atoms with Crippen LogP contribution in [0.2, 0.25) is 0 Å². The Morgan fingerprint density at radius 3 is 2.56 bits per heavy atom. The predicted molar refractivity (Wildman–Crippen MR) is 161 cm³/mol. The number of urea groups is 1. The van der Waals surface area contributed by atoms with Gasteiger partial charge in [-0.2, -0.15) is 10.1 Å². The normalized spacial score (nSPS) is 13.7. The standard InChI is InChI=1S/C32H33F2N5O4/c1-41-30-19-23-26(20-31(30)42-17-7-16-38-14-5-2-6-15-38)36-13-12-28(23)43-29-11-10-22(18-25(29)34)21-37-39(32(35)40)27-9-4-3-8-24(27)33/h3-4,8-13,18-21H,2,5-7,14-17H2,1H3,(H2,35,40). The fourth-order valence-electron chi connectivity index (χ4n) is 4.93. The summed E-state index contributed by atoms with van der Waals surface area (Å²) in [5, 5.41) is 5.26. The number of likely N-dealkylation sites (tertiary alicyclic amines) is 1. The monoisotopic (exact) mass is 589 g/mol. The van der Waals surface area contributed by atoms with Gasteiger partial charge in [0.15, 0.2) is 23.1 Å². The van der Waals surface area contributed by atoms with Crippen LogP contribution in [0.15, 0.2) is 72.0 Å². The number of methoxy groups -OCH3 is 1. The first kappa shape index (κ1) is 29.7. The smallest absolute Gasteiger partial charge is 0.340 e. The molecule has 0 unspecified atom stereocenters. The van der Waals surface area contributed by atoms with Gasteiger partial charge in [-0.1, -0.05) is 18.6 Å². The summed E-state index contributed by atoms with van der Waals surface area (Å²) in [4.78, 5) is 18.8. The molecule has 0 saturated carbocycles. The molecule has 0 spiro atoms. The summed E-state index contributed by atoms with van der Waals surface area (Å²) in [5.41, 5.74) is 6.14. The van der Waals surface area contributed by atoms with Crippen molar-refractivity contribution < 1.29 is 27.8 Å². The zero-order valence-corrected chi connectivity index (χ0v) is 23.8. The second kappa shape index (κ2) is 13.9. The van der Waals surface area contributed by atoms with E-state index in [9.17, 15) is 9.18 Å². The van der Waals surface area contributed by atoms with E-state index in [1.807, 2.05) is 0 Å². The fraction of sp³-hybridized carbons (Fsp3) is 0.281. The number of para-hydroxylation sites is 1. The third-order valence-electron chi connectivity index (χ3n) is 7.10. The quantitative estimate of drug-likeness (QED) is 0.122. The van der Waals surface area contributed by atoms with Gasteiger partial charge in [0.25, 0.3) is 0 Å². The van der Waals surface area contributed by atoms with E-state index in [4.69, 9.17) is 19.9 Å². The molecule has 1 aliphatic heterocycles. The third kappa shape index (κ3) is 7.36. The van der Waals surface area contributed by atoms with E-state index in [1.54, 1.807) is 43.6 Å². The van der Waals surface area contributed by atoms with Crippen LogP contribution < -0.4 is 25.0 Å². The zero-order chi connectivity index (χ0) is 30.2. The van der Waals surface area contributed by atoms with Gasteiger partial charge in [0, 0.05) is 24.2 Å². The van der Waals surface area contributed by atoms with E-state index in [1.165, 1.54) is 55.8 Å². The number of nitrogens with zero attached hydrogens (tertiary/aromatic N) is 4. The van der Waals surface area contributed by atoms with Crippen molar-refractivity contribution in [2.24, 2.45) is 10.8 Å². The molecule has 1 aliphatic rings. The number of fused-ring (bicyclic) bond motifs is 1. The molecule has 2 N–H and O–H groups in total. The van der Waals surface area contributed by atoms with Crippen LogP contribution in [0.4, 0.5) is 19.3 Å². The van der Waals surface area contributed by atoms with Gasteiger partial charge in [-0.15, -0.1) is 0 Å². The molecule has 43 heavy (non-hydrogen) atoms. The predicted octanol–water partition coefficient (Wildman–Crippen LogP) is 6.49. The maximum absolute atomic E-state index is 15.1. The molecule has 224 valence electrons. The first-order chi connectivity index (χ1) is 20.9. The van der Waals surface area contributed by atoms with Gasteiger partial charge in [-0.25, -0.2) is 13.6 Å². The Balaban J connectivity index is 1.29. The van der Waals surface area contributed by atoms with Crippen LogP contribution in [-0.2, 0) is 0 Å². The number of amides is 2. The van der Waals surface area contributed by atoms with Crippen molar-refractivity contribution in [3.63, 3.8) is 0 Å². The van der Waals surface area contributed by atoms with Gasteiger partial charge in [-0.05, 0) is 80.4 Å². The molecule has 2 heterocycles. The number of carbonyl (C=O) groups is 1. The molecule has 1 aromatic heterocycles. The van der Waals surface area contributed by atoms with Crippen LogP contribution in [0.5, 0.6) is 23.0 Å². The number of primary amides is 1. The number of nitrogens with two attached hydrogens (primary N) is 1. The Bertz CT molecular complexity index is 1610. The minimum atomic E-state index is -0.993. The molecular weight excluding hydrogens is 556 g/mol. The van der Waals surface area contributed by atoms with Crippen LogP contribution in [0, 0.1) is 11.6 Å². The number of ether oxygens (including phenoxy) is 3. The Morgan fingerprint density at radius 2 is 1.81 bits per heavy atom. The fourth-order valence-corrected chi connectivity index (χ4v) is 4.93. The summed E-state index contributed by atoms with van der Waals surface area (Å²) in [5.74, 6) is 0.0761. The molecule has 0 bridgehead atoms. The lowest BCUT2D eigenvalue weighted by Crippen LogP contribution is -2.31. The van der Waals surface area contributed by atoms with Gasteiger partial charge in [-0.3, -0.25) is 4.98 Å². The van der Waals surface area contributed by atoms with E-state index < -0.39 is 17.7 Å². The highest BCUT2D eigenvalue weighted by Crippen LogP contribution is 2.37. The van der Waals surface area contributed by atoms with Crippen LogP contribution >= 0.6 is 0 Å². The first-order valence-electron chi connectivity index (χ1n) is 14.1. The summed E-state index contributed by atoms with van der Waals surface area (Å²) in [6.07, 6.45) is 7.49. The molecule has 0 aliphatic carbocycles. The molecule has 3 aromatic carbocycles. The van der Waals surface area contributed by atoms with E-state index in [0.717, 1.165) is 26.1 Å². The first-order valence-corrected chi connectivity index (χ1v) is 14.1. The van der Waals surface area contributed by atoms with Crippen molar-refractivity contribution in [2.75, 3.05) is 38.4 Å². The number of hydrazone groups is 1. The number of halogens is 2. The summed E-state index contributed by atoms with van der Waals surface area (Å²) in [7, 11) is 1.56. The summed E-state index contributed by atoms with van der Waals surface area (Å²) in [6.45, 7) is 3.84. The Labute approximate surface area is 248 Å². The molecule has 0 radical (unpaired) electrons. The van der Waals surface area contributed by atoms with Crippen molar-refractivity contribution in [1.82, 2.24) is 9.88 Å². The van der Waals surface area contributed by atoms with Gasteiger partial charge in [0.05, 0.1) is 25.4 Å².